The van der Waals surface area contributed by atoms with Crippen molar-refractivity contribution in [1.29, 1.82) is 0 Å². The molecule has 1 unspecified atom stereocenters. The van der Waals surface area contributed by atoms with Gasteiger partial charge in [-0.1, -0.05) is 19.3 Å². The molecule has 3 rings (SSSR count). The van der Waals surface area contributed by atoms with Crippen LogP contribution in [-0.4, -0.2) is 35.3 Å². The number of hydrogen-bond acceptors (Lipinski definition) is 4. The quantitative estimate of drug-likeness (QED) is 0.866. The fourth-order valence-corrected chi connectivity index (χ4v) is 3.88. The molecule has 3 N–H and O–H groups in total. The van der Waals surface area contributed by atoms with Crippen LogP contribution < -0.4 is 11.1 Å². The average molecular weight is 333 g/mol. The van der Waals surface area contributed by atoms with E-state index in [0.717, 1.165) is 31.7 Å². The van der Waals surface area contributed by atoms with E-state index >= 15 is 0 Å². The average Bonchev–Trinajstić information content (AvgIpc) is 3.25. The van der Waals surface area contributed by atoms with Crippen molar-refractivity contribution < 1.29 is 14.0 Å². The van der Waals surface area contributed by atoms with Crippen LogP contribution in [0.5, 0.6) is 0 Å². The monoisotopic (exact) mass is 333 g/mol. The van der Waals surface area contributed by atoms with Crippen molar-refractivity contribution in [1.82, 2.24) is 10.2 Å². The van der Waals surface area contributed by atoms with Crippen molar-refractivity contribution in [2.45, 2.75) is 63.5 Å². The van der Waals surface area contributed by atoms with Crippen molar-refractivity contribution in [3.05, 3.63) is 23.7 Å². The number of nitrogens with one attached hydrogen (secondary N) is 1. The molecule has 1 atom stereocenters. The molecule has 2 heterocycles. The number of nitrogens with zero attached hydrogens (tertiary/aromatic N) is 1. The largest absolute Gasteiger partial charge is 0.454 e. The summed E-state index contributed by atoms with van der Waals surface area (Å²) in [6.45, 7) is 4.23. The van der Waals surface area contributed by atoms with E-state index in [9.17, 15) is 9.59 Å². The normalized spacial score (nSPS) is 22.2. The highest BCUT2D eigenvalue weighted by Gasteiger charge is 2.41. The van der Waals surface area contributed by atoms with Gasteiger partial charge in [-0.2, -0.15) is 0 Å². The Bertz CT molecular complexity index is 598. The van der Waals surface area contributed by atoms with E-state index in [1.54, 1.807) is 6.07 Å². The molecule has 0 bridgehead atoms. The fourth-order valence-electron chi connectivity index (χ4n) is 3.88. The van der Waals surface area contributed by atoms with Crippen LogP contribution in [0.2, 0.25) is 0 Å². The standard InChI is InChI=1S/C18H27N3O3/c1-13(21-11-5-2-6-12-21)14-7-8-15(24-14)16(22)20-18(17(19)23)9-3-4-10-18/h7-8,13H,2-6,9-12H2,1H3,(H2,19,23)(H,20,22). The number of likely N-dealkylation sites (tertiary alicyclic amines) is 1. The highest BCUT2D eigenvalue weighted by Crippen LogP contribution is 2.30. The molecule has 1 aromatic rings. The van der Waals surface area contributed by atoms with Gasteiger partial charge in [-0.3, -0.25) is 14.5 Å². The zero-order valence-electron chi connectivity index (χ0n) is 14.3. The Morgan fingerprint density at radius 1 is 1.17 bits per heavy atom. The van der Waals surface area contributed by atoms with Crippen molar-refractivity contribution in [2.75, 3.05) is 13.1 Å². The van der Waals surface area contributed by atoms with Crippen molar-refractivity contribution in [3.63, 3.8) is 0 Å². The van der Waals surface area contributed by atoms with Crippen LogP contribution in [0.25, 0.3) is 0 Å². The van der Waals surface area contributed by atoms with E-state index in [-0.39, 0.29) is 17.7 Å². The number of carbonyl (C=O) groups is 2. The first kappa shape index (κ1) is 17.0. The topological polar surface area (TPSA) is 88.6 Å². The minimum absolute atomic E-state index is 0.156. The maximum atomic E-state index is 12.5. The summed E-state index contributed by atoms with van der Waals surface area (Å²) in [6, 6.07) is 3.71. The Morgan fingerprint density at radius 3 is 2.46 bits per heavy atom. The fraction of sp³-hybridized carbons (Fsp3) is 0.667. The van der Waals surface area contributed by atoms with Crippen molar-refractivity contribution in [3.8, 4) is 0 Å². The van der Waals surface area contributed by atoms with Gasteiger partial charge in [-0.25, -0.2) is 0 Å². The molecule has 0 spiro atoms. The second kappa shape index (κ2) is 6.97. The van der Waals surface area contributed by atoms with E-state index in [2.05, 4.69) is 17.1 Å². The van der Waals surface area contributed by atoms with Crippen molar-refractivity contribution >= 4 is 11.8 Å². The van der Waals surface area contributed by atoms with Gasteiger partial charge in [0.25, 0.3) is 5.91 Å². The van der Waals surface area contributed by atoms with Crippen LogP contribution >= 0.6 is 0 Å². The van der Waals surface area contributed by atoms with E-state index in [1.807, 2.05) is 6.07 Å². The Balaban J connectivity index is 1.68. The molecule has 1 aliphatic carbocycles. The molecule has 1 aromatic heterocycles. The van der Waals surface area contributed by atoms with Gasteiger partial charge in [-0.15, -0.1) is 0 Å². The third-order valence-corrected chi connectivity index (χ3v) is 5.48. The SMILES string of the molecule is CC(c1ccc(C(=O)NC2(C(N)=O)CCCC2)o1)N1CCCCC1. The lowest BCUT2D eigenvalue weighted by Crippen LogP contribution is -2.55. The molecule has 24 heavy (non-hydrogen) atoms. The number of furan rings is 1. The minimum Gasteiger partial charge on any atom is -0.454 e. The van der Waals surface area contributed by atoms with Crippen LogP contribution in [0, 0.1) is 0 Å². The number of hydrogen-bond donors (Lipinski definition) is 2. The molecule has 0 radical (unpaired) electrons. The van der Waals surface area contributed by atoms with Gasteiger partial charge in [0.1, 0.15) is 11.3 Å². The molecule has 2 amide bonds. The lowest BCUT2D eigenvalue weighted by Gasteiger charge is -2.31. The Kier molecular flexibility index (Phi) is 4.94. The third-order valence-electron chi connectivity index (χ3n) is 5.48. The van der Waals surface area contributed by atoms with Gasteiger partial charge in [0.2, 0.25) is 5.91 Å². The molecule has 6 nitrogen and oxygen atoms in total. The summed E-state index contributed by atoms with van der Waals surface area (Å²) in [5.74, 6) is 0.234. The summed E-state index contributed by atoms with van der Waals surface area (Å²) < 4.78 is 5.79. The highest BCUT2D eigenvalue weighted by molar-refractivity contribution is 5.97. The van der Waals surface area contributed by atoms with Gasteiger partial charge in [-0.05, 0) is 57.8 Å². The first-order valence-electron chi connectivity index (χ1n) is 8.98. The van der Waals surface area contributed by atoms with Gasteiger partial charge < -0.3 is 15.5 Å². The number of rotatable bonds is 5. The Hall–Kier alpha value is -1.82. The van der Waals surface area contributed by atoms with E-state index in [0.29, 0.717) is 12.8 Å². The van der Waals surface area contributed by atoms with Gasteiger partial charge in [0.05, 0.1) is 6.04 Å². The molecule has 0 aromatic carbocycles. The summed E-state index contributed by atoms with van der Waals surface area (Å²) in [5, 5.41) is 2.82. The molecule has 1 aliphatic heterocycles. The molecule has 2 aliphatic rings. The number of amides is 2. The summed E-state index contributed by atoms with van der Waals surface area (Å²) >= 11 is 0. The summed E-state index contributed by atoms with van der Waals surface area (Å²) in [4.78, 5) is 26.7. The summed E-state index contributed by atoms with van der Waals surface area (Å²) in [7, 11) is 0. The first-order chi connectivity index (χ1) is 11.5. The van der Waals surface area contributed by atoms with Crippen LogP contribution in [0.15, 0.2) is 16.5 Å². The zero-order valence-corrected chi connectivity index (χ0v) is 14.3. The summed E-state index contributed by atoms with van der Waals surface area (Å²) in [5.41, 5.74) is 4.60. The second-order valence-corrected chi connectivity index (χ2v) is 7.08. The molecular weight excluding hydrogens is 306 g/mol. The van der Waals surface area contributed by atoms with E-state index in [4.69, 9.17) is 10.2 Å². The first-order valence-corrected chi connectivity index (χ1v) is 8.98. The van der Waals surface area contributed by atoms with Crippen LogP contribution in [0.1, 0.15) is 74.2 Å². The Morgan fingerprint density at radius 2 is 1.83 bits per heavy atom. The highest BCUT2D eigenvalue weighted by atomic mass is 16.4. The number of piperidine rings is 1. The number of primary amides is 1. The molecule has 1 saturated carbocycles. The summed E-state index contributed by atoms with van der Waals surface area (Å²) in [6.07, 6.45) is 6.71. The van der Waals surface area contributed by atoms with Crippen LogP contribution in [0.3, 0.4) is 0 Å². The van der Waals surface area contributed by atoms with E-state index < -0.39 is 11.4 Å². The minimum atomic E-state index is -0.914. The van der Waals surface area contributed by atoms with Crippen molar-refractivity contribution in [2.24, 2.45) is 5.73 Å². The maximum Gasteiger partial charge on any atom is 0.287 e. The van der Waals surface area contributed by atoms with E-state index in [1.165, 1.54) is 19.3 Å². The number of carbonyl (C=O) groups excluding carboxylic acids is 2. The molecule has 6 heteroatoms. The lowest BCUT2D eigenvalue weighted by atomic mass is 9.96. The zero-order chi connectivity index (χ0) is 17.2. The van der Waals surface area contributed by atoms with Gasteiger partial charge in [0, 0.05) is 0 Å². The van der Waals surface area contributed by atoms with Crippen LogP contribution in [0.4, 0.5) is 0 Å². The van der Waals surface area contributed by atoms with Gasteiger partial charge in [0.15, 0.2) is 5.76 Å². The molecular formula is C18H27N3O3. The predicted molar refractivity (Wildman–Crippen MR) is 90.4 cm³/mol. The molecule has 132 valence electrons. The number of nitrogens with two attached hydrogens (primary N) is 1. The smallest absolute Gasteiger partial charge is 0.287 e. The lowest BCUT2D eigenvalue weighted by molar-refractivity contribution is -0.123. The molecule has 1 saturated heterocycles. The third kappa shape index (κ3) is 3.34. The second-order valence-electron chi connectivity index (χ2n) is 7.08. The Labute approximate surface area is 142 Å². The maximum absolute atomic E-state index is 12.5. The van der Waals surface area contributed by atoms with Crippen LogP contribution in [-0.2, 0) is 4.79 Å². The van der Waals surface area contributed by atoms with Gasteiger partial charge >= 0.3 is 0 Å². The molecule has 2 fully saturated rings. The predicted octanol–water partition coefficient (Wildman–Crippen LogP) is 2.35.